The van der Waals surface area contributed by atoms with Crippen molar-refractivity contribution in [3.8, 4) is 17.6 Å². The molecule has 1 aromatic heterocycles. The fraction of sp³-hybridized carbons (Fsp3) is 0.536. The minimum atomic E-state index is -3.95. The van der Waals surface area contributed by atoms with E-state index >= 15 is 0 Å². The second-order valence-electron chi connectivity index (χ2n) is 10.3. The number of carbonyl (C=O) groups excluding carboxylic acids is 1. The van der Waals surface area contributed by atoms with Crippen LogP contribution in [0.25, 0.3) is 0 Å². The van der Waals surface area contributed by atoms with E-state index in [1.165, 1.54) is 59.5 Å². The van der Waals surface area contributed by atoms with E-state index in [-0.39, 0.29) is 47.9 Å². The maximum Gasteiger partial charge on any atom is 0.273 e. The number of nitrogens with zero attached hydrogens (tertiary/aromatic N) is 4. The summed E-state index contributed by atoms with van der Waals surface area (Å²) in [4.78, 5) is 22.5. The van der Waals surface area contributed by atoms with Gasteiger partial charge in [-0.25, -0.2) is 13.4 Å². The zero-order valence-corrected chi connectivity index (χ0v) is 23.0. The lowest BCUT2D eigenvalue weighted by Crippen LogP contribution is -2.50. The second-order valence-corrected chi connectivity index (χ2v) is 12.2. The number of ether oxygens (including phenoxy) is 1. The monoisotopic (exact) mass is 540 g/mol. The third kappa shape index (κ3) is 6.34. The Hall–Kier alpha value is -3.00. The van der Waals surface area contributed by atoms with E-state index in [9.17, 15) is 18.3 Å². The molecule has 2 aromatic rings. The summed E-state index contributed by atoms with van der Waals surface area (Å²) in [5.74, 6) is 6.66. The van der Waals surface area contributed by atoms with Crippen LogP contribution in [0.2, 0.25) is 0 Å². The summed E-state index contributed by atoms with van der Waals surface area (Å²) in [5, 5.41) is 9.84. The van der Waals surface area contributed by atoms with Gasteiger partial charge >= 0.3 is 0 Å². The van der Waals surface area contributed by atoms with E-state index in [4.69, 9.17) is 4.74 Å². The zero-order chi connectivity index (χ0) is 27.3. The Balaban J connectivity index is 1.66. The smallest absolute Gasteiger partial charge is 0.273 e. The van der Waals surface area contributed by atoms with E-state index in [2.05, 4.69) is 21.8 Å². The molecule has 9 nitrogen and oxygen atoms in total. The highest BCUT2D eigenvalue weighted by molar-refractivity contribution is 7.89. The molecule has 2 aliphatic rings. The second kappa shape index (κ2) is 12.2. The molecule has 1 fully saturated rings. The largest absolute Gasteiger partial charge is 0.487 e. The molecule has 10 heteroatoms. The molecule has 1 aliphatic carbocycles. The topological polar surface area (TPSA) is 113 Å². The summed E-state index contributed by atoms with van der Waals surface area (Å²) >= 11 is 0. The number of hydrogen-bond donors (Lipinski definition) is 1. The van der Waals surface area contributed by atoms with E-state index < -0.39 is 22.2 Å². The number of aliphatic hydroxyl groups excluding tert-OH is 1. The number of aliphatic hydroxyl groups is 1. The van der Waals surface area contributed by atoms with Gasteiger partial charge in [-0.15, -0.1) is 0 Å². The standard InChI is InChI=1S/C28H36N4O5S/c1-20-17-32(21(2)19-33)38(35,36)27-12-11-23(10-6-9-22-7-4-5-8-22)15-25(27)37-26(20)18-31(3)28(34)24-16-29-13-14-30-24/h11-16,20-22,26,33H,4-5,7-9,17-19H2,1-3H3/t20-,21-,26-/m0/s1. The first-order valence-electron chi connectivity index (χ1n) is 13.1. The maximum atomic E-state index is 13.7. The fourth-order valence-electron chi connectivity index (χ4n) is 4.99. The first-order valence-corrected chi connectivity index (χ1v) is 14.6. The Morgan fingerprint density at radius 3 is 2.74 bits per heavy atom. The van der Waals surface area contributed by atoms with Gasteiger partial charge in [-0.3, -0.25) is 9.78 Å². The Morgan fingerprint density at radius 1 is 1.29 bits per heavy atom. The van der Waals surface area contributed by atoms with Crippen molar-refractivity contribution in [1.82, 2.24) is 19.2 Å². The third-order valence-corrected chi connectivity index (χ3v) is 9.37. The number of likely N-dealkylation sites (N-methyl/N-ethyl adjacent to an activating group) is 1. The van der Waals surface area contributed by atoms with Crippen molar-refractivity contribution in [3.63, 3.8) is 0 Å². The Kier molecular flexibility index (Phi) is 9.03. The number of aromatic nitrogens is 2. The first kappa shape index (κ1) is 28.0. The Morgan fingerprint density at radius 2 is 2.05 bits per heavy atom. The molecule has 1 aliphatic heterocycles. The molecule has 0 radical (unpaired) electrons. The summed E-state index contributed by atoms with van der Waals surface area (Å²) in [5.41, 5.74) is 0.890. The number of sulfonamides is 1. The molecule has 0 spiro atoms. The molecule has 38 heavy (non-hydrogen) atoms. The van der Waals surface area contributed by atoms with Gasteiger partial charge in [0.1, 0.15) is 22.4 Å². The van der Waals surface area contributed by atoms with Crippen LogP contribution in [0.1, 0.15) is 62.0 Å². The van der Waals surface area contributed by atoms with Gasteiger partial charge in [-0.2, -0.15) is 4.31 Å². The van der Waals surface area contributed by atoms with Crippen LogP contribution in [-0.4, -0.2) is 77.5 Å². The zero-order valence-electron chi connectivity index (χ0n) is 22.2. The summed E-state index contributed by atoms with van der Waals surface area (Å²) in [6.07, 6.45) is 9.60. The van der Waals surface area contributed by atoms with Crippen molar-refractivity contribution < 1.29 is 23.1 Å². The maximum absolute atomic E-state index is 13.7. The van der Waals surface area contributed by atoms with Crippen LogP contribution in [-0.2, 0) is 10.0 Å². The van der Waals surface area contributed by atoms with Gasteiger partial charge in [-0.1, -0.05) is 31.6 Å². The van der Waals surface area contributed by atoms with Crippen molar-refractivity contribution in [3.05, 3.63) is 48.0 Å². The van der Waals surface area contributed by atoms with Crippen LogP contribution in [0, 0.1) is 23.7 Å². The van der Waals surface area contributed by atoms with Gasteiger partial charge in [0.15, 0.2) is 0 Å². The number of benzene rings is 1. The number of hydrogen-bond acceptors (Lipinski definition) is 7. The Bertz CT molecular complexity index is 1290. The van der Waals surface area contributed by atoms with Crippen LogP contribution >= 0.6 is 0 Å². The highest BCUT2D eigenvalue weighted by Crippen LogP contribution is 2.34. The lowest BCUT2D eigenvalue weighted by Gasteiger charge is -2.37. The van der Waals surface area contributed by atoms with Crippen molar-refractivity contribution >= 4 is 15.9 Å². The minimum absolute atomic E-state index is 0.0268. The van der Waals surface area contributed by atoms with E-state index in [0.29, 0.717) is 11.5 Å². The number of carbonyl (C=O) groups is 1. The first-order chi connectivity index (χ1) is 18.2. The van der Waals surface area contributed by atoms with Crippen molar-refractivity contribution in [2.45, 2.75) is 63.0 Å². The van der Waals surface area contributed by atoms with Crippen LogP contribution in [0.4, 0.5) is 0 Å². The van der Waals surface area contributed by atoms with Crippen LogP contribution in [0.15, 0.2) is 41.7 Å². The van der Waals surface area contributed by atoms with Gasteiger partial charge in [0.2, 0.25) is 10.0 Å². The van der Waals surface area contributed by atoms with Gasteiger partial charge in [0, 0.05) is 49.9 Å². The van der Waals surface area contributed by atoms with Gasteiger partial charge < -0.3 is 14.7 Å². The lowest BCUT2D eigenvalue weighted by atomic mass is 10.0. The fourth-order valence-corrected chi connectivity index (χ4v) is 6.82. The summed E-state index contributed by atoms with van der Waals surface area (Å²) < 4.78 is 35.0. The predicted octanol–water partition coefficient (Wildman–Crippen LogP) is 2.95. The minimum Gasteiger partial charge on any atom is -0.487 e. The molecule has 0 saturated heterocycles. The van der Waals surface area contributed by atoms with Crippen LogP contribution < -0.4 is 4.74 Å². The van der Waals surface area contributed by atoms with Crippen molar-refractivity contribution in [2.75, 3.05) is 26.7 Å². The third-order valence-electron chi connectivity index (χ3n) is 7.35. The van der Waals surface area contributed by atoms with Gasteiger partial charge in [-0.05, 0) is 43.9 Å². The van der Waals surface area contributed by atoms with Crippen molar-refractivity contribution in [1.29, 1.82) is 0 Å². The number of fused-ring (bicyclic) bond motifs is 1. The van der Waals surface area contributed by atoms with E-state index in [0.717, 1.165) is 6.42 Å². The summed E-state index contributed by atoms with van der Waals surface area (Å²) in [7, 11) is -2.29. The van der Waals surface area contributed by atoms with E-state index in [1.54, 1.807) is 26.1 Å². The molecule has 0 bridgehead atoms. The summed E-state index contributed by atoms with van der Waals surface area (Å²) in [6.45, 7) is 3.57. The molecule has 1 aromatic carbocycles. The molecule has 2 heterocycles. The molecule has 1 saturated carbocycles. The van der Waals surface area contributed by atoms with Gasteiger partial charge in [0.25, 0.3) is 5.91 Å². The lowest BCUT2D eigenvalue weighted by molar-refractivity contribution is 0.0559. The SMILES string of the molecule is C[C@H]1CN([C@@H](C)CO)S(=O)(=O)c2ccc(C#CCC3CCCC3)cc2O[C@H]1CN(C)C(=O)c1cnccn1. The average Bonchev–Trinajstić information content (AvgIpc) is 3.43. The molecule has 1 N–H and O–H groups in total. The summed E-state index contributed by atoms with van der Waals surface area (Å²) in [6, 6.07) is 4.28. The predicted molar refractivity (Wildman–Crippen MR) is 143 cm³/mol. The number of amides is 1. The molecule has 0 unspecified atom stereocenters. The van der Waals surface area contributed by atoms with E-state index in [1.807, 2.05) is 6.92 Å². The number of rotatable bonds is 6. The Labute approximate surface area is 225 Å². The molecule has 3 atom stereocenters. The quantitative estimate of drug-likeness (QED) is 0.561. The molecular formula is C28H36N4O5S. The molecular weight excluding hydrogens is 504 g/mol. The highest BCUT2D eigenvalue weighted by Gasteiger charge is 2.38. The van der Waals surface area contributed by atoms with Crippen LogP contribution in [0.3, 0.4) is 0 Å². The molecule has 4 rings (SSSR count). The van der Waals surface area contributed by atoms with Gasteiger partial charge in [0.05, 0.1) is 19.3 Å². The normalized spacial score (nSPS) is 22.2. The average molecular weight is 541 g/mol. The molecule has 204 valence electrons. The van der Waals surface area contributed by atoms with Crippen LogP contribution in [0.5, 0.6) is 5.75 Å². The highest BCUT2D eigenvalue weighted by atomic mass is 32.2. The molecule has 1 amide bonds. The van der Waals surface area contributed by atoms with Crippen molar-refractivity contribution in [2.24, 2.45) is 11.8 Å².